The van der Waals surface area contributed by atoms with Crippen molar-refractivity contribution in [2.75, 3.05) is 11.4 Å². The lowest BCUT2D eigenvalue weighted by Gasteiger charge is -2.39. The van der Waals surface area contributed by atoms with E-state index in [2.05, 4.69) is 35.0 Å². The average Bonchev–Trinajstić information content (AvgIpc) is 3.37. The standard InChI is InChI=1S/C30H33N3O2/c34-28(19-16-22-9-4-5-10-22)32(24-17-18-24)21-29(35)33-26-14-7-6-13-25(26)31-20-8-15-27(31)30(33)23-11-2-1-3-12-23/h1-3,6-8,11-15,20,22,24,30H,4-5,9-10,16-19,21H2. The fourth-order valence-corrected chi connectivity index (χ4v) is 6.01. The number of fused-ring (bicyclic) bond motifs is 3. The van der Waals surface area contributed by atoms with Crippen LogP contribution in [-0.2, 0) is 9.59 Å². The molecule has 3 aliphatic rings. The third kappa shape index (κ3) is 4.29. The SMILES string of the molecule is O=C(CCC1CCCC1)N(CC(=O)N1c2ccccc2-n2cccc2C1c1ccccc1)C1CC1. The molecule has 6 rings (SSSR count). The second kappa shape index (κ2) is 9.37. The summed E-state index contributed by atoms with van der Waals surface area (Å²) in [5.41, 5.74) is 4.03. The van der Waals surface area contributed by atoms with E-state index < -0.39 is 0 Å². The number of anilines is 1. The molecule has 2 fully saturated rings. The number of benzene rings is 2. The first kappa shape index (κ1) is 22.1. The first-order valence-electron chi connectivity index (χ1n) is 13.1. The predicted molar refractivity (Wildman–Crippen MR) is 137 cm³/mol. The number of aromatic nitrogens is 1. The molecule has 0 spiro atoms. The average molecular weight is 468 g/mol. The van der Waals surface area contributed by atoms with Crippen LogP contribution in [-0.4, -0.2) is 33.9 Å². The van der Waals surface area contributed by atoms with Crippen LogP contribution in [0.3, 0.4) is 0 Å². The lowest BCUT2D eigenvalue weighted by atomic mass is 9.97. The minimum Gasteiger partial charge on any atom is -0.330 e. The van der Waals surface area contributed by atoms with Crippen molar-refractivity contribution in [3.05, 3.63) is 84.2 Å². The van der Waals surface area contributed by atoms with Gasteiger partial charge in [-0.3, -0.25) is 14.5 Å². The maximum absolute atomic E-state index is 14.1. The van der Waals surface area contributed by atoms with E-state index in [1.165, 1.54) is 25.7 Å². The van der Waals surface area contributed by atoms with Crippen LogP contribution in [0, 0.1) is 5.92 Å². The van der Waals surface area contributed by atoms with Crippen molar-refractivity contribution in [2.24, 2.45) is 5.92 Å². The molecular weight excluding hydrogens is 434 g/mol. The molecule has 0 saturated heterocycles. The van der Waals surface area contributed by atoms with Crippen molar-refractivity contribution in [1.29, 1.82) is 0 Å². The van der Waals surface area contributed by atoms with Gasteiger partial charge in [-0.25, -0.2) is 0 Å². The predicted octanol–water partition coefficient (Wildman–Crippen LogP) is 5.87. The van der Waals surface area contributed by atoms with E-state index in [1.807, 2.05) is 52.3 Å². The van der Waals surface area contributed by atoms with Gasteiger partial charge in [0.25, 0.3) is 0 Å². The third-order valence-electron chi connectivity index (χ3n) is 7.96. The van der Waals surface area contributed by atoms with Crippen molar-refractivity contribution in [1.82, 2.24) is 9.47 Å². The van der Waals surface area contributed by atoms with Crippen molar-refractivity contribution in [3.63, 3.8) is 0 Å². The second-order valence-electron chi connectivity index (χ2n) is 10.3. The normalized spacial score (nSPS) is 19.3. The summed E-state index contributed by atoms with van der Waals surface area (Å²) in [7, 11) is 0. The molecule has 0 N–H and O–H groups in total. The summed E-state index contributed by atoms with van der Waals surface area (Å²) in [6.45, 7) is 0.145. The molecule has 3 aromatic rings. The molecule has 2 heterocycles. The molecule has 5 heteroatoms. The Balaban J connectivity index is 1.31. The van der Waals surface area contributed by atoms with Crippen LogP contribution < -0.4 is 4.90 Å². The first-order valence-corrected chi connectivity index (χ1v) is 13.1. The van der Waals surface area contributed by atoms with E-state index in [1.54, 1.807) is 0 Å². The Hall–Kier alpha value is -3.34. The molecule has 0 bridgehead atoms. The molecule has 1 aliphatic heterocycles. The highest BCUT2D eigenvalue weighted by Gasteiger charge is 2.39. The summed E-state index contributed by atoms with van der Waals surface area (Å²) >= 11 is 0. The lowest BCUT2D eigenvalue weighted by molar-refractivity contribution is -0.136. The highest BCUT2D eigenvalue weighted by Crippen LogP contribution is 2.42. The largest absolute Gasteiger partial charge is 0.330 e. The Morgan fingerprint density at radius 2 is 1.54 bits per heavy atom. The van der Waals surface area contributed by atoms with E-state index in [0.717, 1.165) is 41.9 Å². The Kier molecular flexibility index (Phi) is 5.93. The molecule has 2 amide bonds. The fourth-order valence-electron chi connectivity index (χ4n) is 6.01. The van der Waals surface area contributed by atoms with Gasteiger partial charge in [0.15, 0.2) is 0 Å². The fraction of sp³-hybridized carbons (Fsp3) is 0.400. The van der Waals surface area contributed by atoms with E-state index in [4.69, 9.17) is 0 Å². The van der Waals surface area contributed by atoms with Gasteiger partial charge in [0.2, 0.25) is 11.8 Å². The molecule has 1 aromatic heterocycles. The number of carbonyl (C=O) groups excluding carboxylic acids is 2. The van der Waals surface area contributed by atoms with E-state index in [9.17, 15) is 9.59 Å². The van der Waals surface area contributed by atoms with Gasteiger partial charge in [-0.05, 0) is 55.0 Å². The van der Waals surface area contributed by atoms with Crippen molar-refractivity contribution in [3.8, 4) is 5.69 Å². The van der Waals surface area contributed by atoms with Gasteiger partial charge in [-0.15, -0.1) is 0 Å². The molecule has 2 saturated carbocycles. The highest BCUT2D eigenvalue weighted by molar-refractivity contribution is 6.00. The molecule has 35 heavy (non-hydrogen) atoms. The van der Waals surface area contributed by atoms with Crippen LogP contribution >= 0.6 is 0 Å². The molecule has 0 radical (unpaired) electrons. The second-order valence-corrected chi connectivity index (χ2v) is 10.3. The number of amides is 2. The Morgan fingerprint density at radius 3 is 2.29 bits per heavy atom. The number of hydrogen-bond donors (Lipinski definition) is 0. The summed E-state index contributed by atoms with van der Waals surface area (Å²) in [5, 5.41) is 0. The number of nitrogens with zero attached hydrogens (tertiary/aromatic N) is 3. The number of rotatable bonds is 7. The van der Waals surface area contributed by atoms with Crippen LogP contribution in [0.25, 0.3) is 5.69 Å². The van der Waals surface area contributed by atoms with Gasteiger partial charge in [-0.2, -0.15) is 0 Å². The smallest absolute Gasteiger partial charge is 0.247 e. The molecule has 180 valence electrons. The molecule has 2 aliphatic carbocycles. The zero-order valence-corrected chi connectivity index (χ0v) is 20.2. The summed E-state index contributed by atoms with van der Waals surface area (Å²) in [5.74, 6) is 0.817. The Morgan fingerprint density at radius 1 is 0.829 bits per heavy atom. The van der Waals surface area contributed by atoms with Crippen molar-refractivity contribution < 1.29 is 9.59 Å². The summed E-state index contributed by atoms with van der Waals surface area (Å²) in [6, 6.07) is 22.4. The van der Waals surface area contributed by atoms with Gasteiger partial charge < -0.3 is 9.47 Å². The number of carbonyl (C=O) groups is 2. The maximum atomic E-state index is 14.1. The first-order chi connectivity index (χ1) is 17.2. The van der Waals surface area contributed by atoms with Crippen LogP contribution in [0.2, 0.25) is 0 Å². The quantitative estimate of drug-likeness (QED) is 0.436. The van der Waals surface area contributed by atoms with E-state index in [-0.39, 0.29) is 30.4 Å². The minimum atomic E-state index is -0.233. The maximum Gasteiger partial charge on any atom is 0.247 e. The zero-order valence-electron chi connectivity index (χ0n) is 20.2. The topological polar surface area (TPSA) is 45.6 Å². The number of para-hydroxylation sites is 2. The summed E-state index contributed by atoms with van der Waals surface area (Å²) < 4.78 is 2.18. The van der Waals surface area contributed by atoms with Crippen molar-refractivity contribution in [2.45, 2.75) is 63.5 Å². The van der Waals surface area contributed by atoms with Crippen molar-refractivity contribution >= 4 is 17.5 Å². The molecule has 5 nitrogen and oxygen atoms in total. The Bertz CT molecular complexity index is 1210. The van der Waals surface area contributed by atoms with Gasteiger partial charge in [0, 0.05) is 18.7 Å². The van der Waals surface area contributed by atoms with Gasteiger partial charge in [0.1, 0.15) is 12.6 Å². The Labute approximate surface area is 207 Å². The van der Waals surface area contributed by atoms with E-state index in [0.29, 0.717) is 12.3 Å². The monoisotopic (exact) mass is 467 g/mol. The molecule has 2 aromatic carbocycles. The molecule has 1 atom stereocenters. The van der Waals surface area contributed by atoms with Gasteiger partial charge >= 0.3 is 0 Å². The molecular formula is C30H33N3O2. The zero-order chi connectivity index (χ0) is 23.8. The van der Waals surface area contributed by atoms with Gasteiger partial charge in [-0.1, -0.05) is 68.1 Å². The summed E-state index contributed by atoms with van der Waals surface area (Å²) in [6.07, 6.45) is 10.7. The minimum absolute atomic E-state index is 0.0140. The van der Waals surface area contributed by atoms with Crippen LogP contribution in [0.4, 0.5) is 5.69 Å². The molecule has 1 unspecified atom stereocenters. The highest BCUT2D eigenvalue weighted by atomic mass is 16.2. The van der Waals surface area contributed by atoms with Crippen LogP contribution in [0.5, 0.6) is 0 Å². The van der Waals surface area contributed by atoms with Crippen LogP contribution in [0.15, 0.2) is 72.9 Å². The lowest BCUT2D eigenvalue weighted by Crippen LogP contribution is -2.47. The number of hydrogen-bond acceptors (Lipinski definition) is 2. The summed E-state index contributed by atoms with van der Waals surface area (Å²) in [4.78, 5) is 31.2. The van der Waals surface area contributed by atoms with Crippen LogP contribution in [0.1, 0.15) is 68.7 Å². The van der Waals surface area contributed by atoms with Gasteiger partial charge in [0.05, 0.1) is 17.1 Å². The third-order valence-corrected chi connectivity index (χ3v) is 7.96. The van der Waals surface area contributed by atoms with E-state index >= 15 is 0 Å².